The summed E-state index contributed by atoms with van der Waals surface area (Å²) in [6, 6.07) is 7.19. The average molecular weight is 357 g/mol. The second-order valence-electron chi connectivity index (χ2n) is 4.20. The van der Waals surface area contributed by atoms with Crippen molar-refractivity contribution in [3.8, 4) is 6.07 Å². The Morgan fingerprint density at radius 2 is 2.14 bits per heavy atom. The van der Waals surface area contributed by atoms with Gasteiger partial charge in [0, 0.05) is 16.0 Å². The summed E-state index contributed by atoms with van der Waals surface area (Å²) in [5.41, 5.74) is 0.810. The van der Waals surface area contributed by atoms with Gasteiger partial charge in [0.2, 0.25) is 0 Å². The quantitative estimate of drug-likeness (QED) is 0.726. The molecule has 0 aliphatic carbocycles. The number of ketones is 1. The van der Waals surface area contributed by atoms with E-state index < -0.39 is 5.92 Å². The molecule has 1 heterocycles. The number of thiazole rings is 1. The van der Waals surface area contributed by atoms with Gasteiger partial charge in [0.15, 0.2) is 11.7 Å². The lowest BCUT2D eigenvalue weighted by molar-refractivity contribution is -0.116. The number of nitriles is 1. The van der Waals surface area contributed by atoms with Crippen LogP contribution in [0, 0.1) is 18.3 Å². The van der Waals surface area contributed by atoms with Crippen molar-refractivity contribution in [3.05, 3.63) is 44.3 Å². The molecule has 2 rings (SSSR count). The normalized spacial score (nSPS) is 11.9. The van der Waals surface area contributed by atoms with Crippen molar-refractivity contribution in [2.24, 2.45) is 0 Å². The second kappa shape index (κ2) is 7.28. The van der Waals surface area contributed by atoms with Gasteiger partial charge in [-0.05, 0) is 19.1 Å². The summed E-state index contributed by atoms with van der Waals surface area (Å²) in [7, 11) is 0. The Kier molecular flexibility index (Phi) is 5.65. The fourth-order valence-electron chi connectivity index (χ4n) is 1.62. The van der Waals surface area contributed by atoms with Gasteiger partial charge in [-0.1, -0.05) is 29.3 Å². The van der Waals surface area contributed by atoms with Gasteiger partial charge in [0.25, 0.3) is 0 Å². The summed E-state index contributed by atoms with van der Waals surface area (Å²) in [5.74, 6) is -0.911. The number of carbonyl (C=O) groups excluding carboxylic acids is 1. The molecule has 0 N–H and O–H groups in total. The molecule has 0 aliphatic heterocycles. The number of nitrogens with zero attached hydrogens (tertiary/aromatic N) is 2. The highest BCUT2D eigenvalue weighted by Crippen LogP contribution is 2.34. The molecule has 108 valence electrons. The lowest BCUT2D eigenvalue weighted by Crippen LogP contribution is -2.13. The monoisotopic (exact) mass is 356 g/mol. The first-order chi connectivity index (χ1) is 10.0. The maximum absolute atomic E-state index is 12.2. The Bertz CT molecular complexity index is 689. The Morgan fingerprint density at radius 3 is 2.67 bits per heavy atom. The van der Waals surface area contributed by atoms with Crippen LogP contribution >= 0.6 is 46.3 Å². The summed E-state index contributed by atoms with van der Waals surface area (Å²) in [5, 5.41) is 12.6. The highest BCUT2D eigenvalue weighted by molar-refractivity contribution is 8.00. The van der Waals surface area contributed by atoms with Crippen LogP contribution in [0.2, 0.25) is 10.0 Å². The first-order valence-electron chi connectivity index (χ1n) is 5.94. The first-order valence-corrected chi connectivity index (χ1v) is 8.56. The van der Waals surface area contributed by atoms with E-state index in [0.29, 0.717) is 19.9 Å². The van der Waals surface area contributed by atoms with Crippen LogP contribution in [0.3, 0.4) is 0 Å². The minimum atomic E-state index is -0.836. The number of aryl methyl sites for hydroxylation is 1. The molecule has 0 radical (unpaired) electrons. The molecule has 0 saturated heterocycles. The van der Waals surface area contributed by atoms with Crippen molar-refractivity contribution >= 4 is 52.1 Å². The Hall–Kier alpha value is -1.06. The van der Waals surface area contributed by atoms with Gasteiger partial charge in [-0.25, -0.2) is 4.98 Å². The molecule has 0 aliphatic rings. The number of hydrogen-bond donors (Lipinski definition) is 0. The van der Waals surface area contributed by atoms with Gasteiger partial charge in [-0.2, -0.15) is 5.26 Å². The highest BCUT2D eigenvalue weighted by atomic mass is 35.5. The summed E-state index contributed by atoms with van der Waals surface area (Å²) in [6.45, 7) is 1.83. The molecule has 7 heteroatoms. The molecule has 2 aromatic rings. The second-order valence-corrected chi connectivity index (χ2v) is 6.88. The zero-order valence-corrected chi connectivity index (χ0v) is 14.1. The van der Waals surface area contributed by atoms with Crippen molar-refractivity contribution < 1.29 is 4.79 Å². The predicted octanol–water partition coefficient (Wildman–Crippen LogP) is 4.73. The van der Waals surface area contributed by atoms with Crippen LogP contribution in [0.5, 0.6) is 0 Å². The number of hydrogen-bond acceptors (Lipinski definition) is 5. The zero-order chi connectivity index (χ0) is 15.4. The Morgan fingerprint density at radius 1 is 1.48 bits per heavy atom. The van der Waals surface area contributed by atoms with Crippen molar-refractivity contribution in [3.63, 3.8) is 0 Å². The smallest absolute Gasteiger partial charge is 0.167 e. The fourth-order valence-corrected chi connectivity index (χ4v) is 4.07. The van der Waals surface area contributed by atoms with E-state index in [1.807, 2.05) is 18.4 Å². The standard InChI is InChI=1S/C14H10Cl2N2OS2/c1-8-6-21-14(18-8)9(5-17)12(19)7-20-13-10(15)3-2-4-11(13)16/h2-4,6,9H,7H2,1H3/t9-/m1/s1. The van der Waals surface area contributed by atoms with Gasteiger partial charge in [0.1, 0.15) is 5.01 Å². The predicted molar refractivity (Wildman–Crippen MR) is 87.4 cm³/mol. The van der Waals surface area contributed by atoms with E-state index in [4.69, 9.17) is 23.2 Å². The average Bonchev–Trinajstić information content (AvgIpc) is 2.85. The van der Waals surface area contributed by atoms with Gasteiger partial charge in [-0.3, -0.25) is 4.79 Å². The van der Waals surface area contributed by atoms with Crippen LogP contribution in [0.4, 0.5) is 0 Å². The van der Waals surface area contributed by atoms with Crippen LogP contribution in [0.1, 0.15) is 16.6 Å². The third-order valence-electron chi connectivity index (χ3n) is 2.61. The zero-order valence-electron chi connectivity index (χ0n) is 11.0. The number of carbonyl (C=O) groups is 1. The van der Waals surface area contributed by atoms with E-state index in [9.17, 15) is 10.1 Å². The maximum atomic E-state index is 12.2. The van der Waals surface area contributed by atoms with Crippen molar-refractivity contribution in [1.29, 1.82) is 5.26 Å². The molecule has 0 saturated carbocycles. The van der Waals surface area contributed by atoms with Crippen LogP contribution in [-0.2, 0) is 4.79 Å². The number of benzene rings is 1. The summed E-state index contributed by atoms with van der Waals surface area (Å²) >= 11 is 14.7. The molecule has 0 spiro atoms. The van der Waals surface area contributed by atoms with Gasteiger partial charge >= 0.3 is 0 Å². The number of halogens is 2. The SMILES string of the molecule is Cc1csc([C@H](C#N)C(=O)CSc2c(Cl)cccc2Cl)n1. The van der Waals surface area contributed by atoms with Gasteiger partial charge < -0.3 is 0 Å². The first kappa shape index (κ1) is 16.3. The summed E-state index contributed by atoms with van der Waals surface area (Å²) in [6.07, 6.45) is 0. The molecular weight excluding hydrogens is 347 g/mol. The number of thioether (sulfide) groups is 1. The molecular formula is C14H10Cl2N2OS2. The van der Waals surface area contributed by atoms with Gasteiger partial charge in [0.05, 0.1) is 21.9 Å². The molecule has 1 aromatic carbocycles. The molecule has 0 unspecified atom stereocenters. The van der Waals surface area contributed by atoms with Crippen LogP contribution in [-0.4, -0.2) is 16.5 Å². The molecule has 0 fully saturated rings. The van der Waals surface area contributed by atoms with E-state index in [-0.39, 0.29) is 11.5 Å². The topological polar surface area (TPSA) is 53.8 Å². The van der Waals surface area contributed by atoms with E-state index in [1.165, 1.54) is 23.1 Å². The minimum Gasteiger partial charge on any atom is -0.297 e. The van der Waals surface area contributed by atoms with Crippen LogP contribution in [0.25, 0.3) is 0 Å². The lowest BCUT2D eigenvalue weighted by atomic mass is 10.1. The van der Waals surface area contributed by atoms with Gasteiger partial charge in [-0.15, -0.1) is 23.1 Å². The molecule has 0 amide bonds. The van der Waals surface area contributed by atoms with Crippen molar-refractivity contribution in [2.45, 2.75) is 17.7 Å². The Labute approximate surface area is 140 Å². The van der Waals surface area contributed by atoms with Crippen molar-refractivity contribution in [2.75, 3.05) is 5.75 Å². The summed E-state index contributed by atoms with van der Waals surface area (Å²) in [4.78, 5) is 17.1. The number of Topliss-reactive ketones (excluding diaryl/α,β-unsaturated/α-hetero) is 1. The van der Waals surface area contributed by atoms with Crippen molar-refractivity contribution in [1.82, 2.24) is 4.98 Å². The lowest BCUT2D eigenvalue weighted by Gasteiger charge is -2.07. The fraction of sp³-hybridized carbons (Fsp3) is 0.214. The van der Waals surface area contributed by atoms with Crippen LogP contribution in [0.15, 0.2) is 28.5 Å². The number of rotatable bonds is 5. The highest BCUT2D eigenvalue weighted by Gasteiger charge is 2.23. The third kappa shape index (κ3) is 3.98. The maximum Gasteiger partial charge on any atom is 0.167 e. The Balaban J connectivity index is 2.09. The molecule has 21 heavy (non-hydrogen) atoms. The van der Waals surface area contributed by atoms with E-state index in [1.54, 1.807) is 18.2 Å². The largest absolute Gasteiger partial charge is 0.297 e. The van der Waals surface area contributed by atoms with E-state index in [2.05, 4.69) is 4.98 Å². The molecule has 1 aromatic heterocycles. The molecule has 1 atom stereocenters. The van der Waals surface area contributed by atoms with E-state index in [0.717, 1.165) is 5.69 Å². The number of aromatic nitrogens is 1. The van der Waals surface area contributed by atoms with E-state index >= 15 is 0 Å². The minimum absolute atomic E-state index is 0.125. The van der Waals surface area contributed by atoms with Crippen LogP contribution < -0.4 is 0 Å². The summed E-state index contributed by atoms with van der Waals surface area (Å²) < 4.78 is 0. The molecule has 0 bridgehead atoms. The third-order valence-corrected chi connectivity index (χ3v) is 5.65. The molecule has 3 nitrogen and oxygen atoms in total.